The van der Waals surface area contributed by atoms with Crippen LogP contribution in [0.1, 0.15) is 26.4 Å². The van der Waals surface area contributed by atoms with Crippen molar-refractivity contribution in [3.05, 3.63) is 57.3 Å². The highest BCUT2D eigenvalue weighted by atomic mass is 32.1. The van der Waals surface area contributed by atoms with Gasteiger partial charge in [-0.1, -0.05) is 17.7 Å². The van der Waals surface area contributed by atoms with Gasteiger partial charge in [0.05, 0.1) is 6.54 Å². The van der Waals surface area contributed by atoms with Crippen molar-refractivity contribution in [3.8, 4) is 0 Å². The number of benzene rings is 1. The summed E-state index contributed by atoms with van der Waals surface area (Å²) < 4.78 is 0. The van der Waals surface area contributed by atoms with Crippen molar-refractivity contribution in [3.63, 3.8) is 0 Å². The Kier molecular flexibility index (Phi) is 4.73. The summed E-state index contributed by atoms with van der Waals surface area (Å²) in [6.07, 6.45) is 0.982. The molecule has 0 aliphatic carbocycles. The fraction of sp³-hybridized carbons (Fsp3) is 0.294. The summed E-state index contributed by atoms with van der Waals surface area (Å²) in [7, 11) is 0. The molecule has 1 aliphatic heterocycles. The molecule has 0 unspecified atom stereocenters. The van der Waals surface area contributed by atoms with Gasteiger partial charge in [0.1, 0.15) is 0 Å². The Morgan fingerprint density at radius 1 is 1.17 bits per heavy atom. The molecule has 0 spiro atoms. The van der Waals surface area contributed by atoms with Crippen LogP contribution in [0.4, 0.5) is 0 Å². The minimum atomic E-state index is -0.308. The van der Waals surface area contributed by atoms with E-state index in [-0.39, 0.29) is 18.4 Å². The Hall–Kier alpha value is -2.18. The zero-order valence-electron chi connectivity index (χ0n) is 13.0. The van der Waals surface area contributed by atoms with Crippen LogP contribution in [-0.2, 0) is 17.8 Å². The summed E-state index contributed by atoms with van der Waals surface area (Å²) in [5, 5.41) is 2.09. The largest absolute Gasteiger partial charge is 0.290 e. The van der Waals surface area contributed by atoms with Gasteiger partial charge in [-0.05, 0) is 42.5 Å². The molecule has 0 bridgehead atoms. The molecule has 2 aromatic rings. The van der Waals surface area contributed by atoms with Crippen LogP contribution in [0, 0.1) is 6.92 Å². The molecule has 1 aromatic carbocycles. The van der Waals surface area contributed by atoms with Crippen molar-refractivity contribution in [1.82, 2.24) is 15.8 Å². The molecular weight excluding hydrogens is 310 g/mol. The van der Waals surface area contributed by atoms with Gasteiger partial charge in [0.15, 0.2) is 0 Å². The highest BCUT2D eigenvalue weighted by molar-refractivity contribution is 7.10. The van der Waals surface area contributed by atoms with Crippen molar-refractivity contribution >= 4 is 23.2 Å². The summed E-state index contributed by atoms with van der Waals surface area (Å²) in [4.78, 5) is 27.4. The van der Waals surface area contributed by atoms with E-state index in [0.29, 0.717) is 5.56 Å². The highest BCUT2D eigenvalue weighted by Crippen LogP contribution is 2.23. The molecule has 6 heteroatoms. The zero-order chi connectivity index (χ0) is 16.2. The van der Waals surface area contributed by atoms with E-state index >= 15 is 0 Å². The van der Waals surface area contributed by atoms with Crippen molar-refractivity contribution in [1.29, 1.82) is 0 Å². The van der Waals surface area contributed by atoms with Crippen LogP contribution < -0.4 is 10.9 Å². The lowest BCUT2D eigenvalue weighted by Crippen LogP contribution is -2.47. The van der Waals surface area contributed by atoms with Crippen LogP contribution in [0.5, 0.6) is 0 Å². The average molecular weight is 329 g/mol. The van der Waals surface area contributed by atoms with E-state index in [1.807, 2.05) is 19.1 Å². The second-order valence-corrected chi connectivity index (χ2v) is 6.70. The Balaban J connectivity index is 1.46. The molecular formula is C17H19N3O2S. The van der Waals surface area contributed by atoms with Gasteiger partial charge in [-0.15, -0.1) is 11.3 Å². The van der Waals surface area contributed by atoms with E-state index in [2.05, 4.69) is 27.2 Å². The maximum atomic E-state index is 12.0. The number of thiophene rings is 1. The molecule has 0 atom stereocenters. The molecule has 1 aliphatic rings. The maximum absolute atomic E-state index is 12.0. The molecule has 0 fully saturated rings. The summed E-state index contributed by atoms with van der Waals surface area (Å²) in [6.45, 7) is 3.90. The molecule has 0 saturated carbocycles. The fourth-order valence-electron chi connectivity index (χ4n) is 2.59. The first-order valence-electron chi connectivity index (χ1n) is 7.55. The quantitative estimate of drug-likeness (QED) is 0.845. The SMILES string of the molecule is Cc1ccc(C(=O)NNC(=O)CN2CCc3sccc3C2)cc1. The number of amides is 2. The summed E-state index contributed by atoms with van der Waals surface area (Å²) in [5.74, 6) is -0.513. The van der Waals surface area contributed by atoms with Gasteiger partial charge in [0.25, 0.3) is 11.8 Å². The number of fused-ring (bicyclic) bond motifs is 1. The predicted octanol–water partition coefficient (Wildman–Crippen LogP) is 1.88. The monoisotopic (exact) mass is 329 g/mol. The fourth-order valence-corrected chi connectivity index (χ4v) is 3.48. The van der Waals surface area contributed by atoms with Crippen LogP contribution in [-0.4, -0.2) is 29.8 Å². The number of carbonyl (C=O) groups excluding carboxylic acids is 2. The van der Waals surface area contributed by atoms with Gasteiger partial charge in [-0.25, -0.2) is 0 Å². The number of nitrogens with zero attached hydrogens (tertiary/aromatic N) is 1. The molecule has 1 aromatic heterocycles. The molecule has 23 heavy (non-hydrogen) atoms. The smallest absolute Gasteiger partial charge is 0.269 e. The van der Waals surface area contributed by atoms with Crippen molar-refractivity contribution in [2.75, 3.05) is 13.1 Å². The molecule has 120 valence electrons. The summed E-state index contributed by atoms with van der Waals surface area (Å²) in [6, 6.07) is 9.31. The number of rotatable bonds is 3. The molecule has 0 saturated heterocycles. The van der Waals surface area contributed by atoms with E-state index in [1.165, 1.54) is 10.4 Å². The van der Waals surface area contributed by atoms with E-state index in [0.717, 1.165) is 25.1 Å². The van der Waals surface area contributed by atoms with Crippen molar-refractivity contribution in [2.24, 2.45) is 0 Å². The van der Waals surface area contributed by atoms with Crippen LogP contribution >= 0.6 is 11.3 Å². The van der Waals surface area contributed by atoms with E-state index in [4.69, 9.17) is 0 Å². The third-order valence-corrected chi connectivity index (χ3v) is 4.91. The number of carbonyl (C=O) groups is 2. The van der Waals surface area contributed by atoms with Gasteiger partial charge in [-0.3, -0.25) is 25.3 Å². The van der Waals surface area contributed by atoms with Crippen molar-refractivity contribution in [2.45, 2.75) is 19.9 Å². The van der Waals surface area contributed by atoms with Crippen LogP contribution in [0.3, 0.4) is 0 Å². The van der Waals surface area contributed by atoms with Gasteiger partial charge >= 0.3 is 0 Å². The second kappa shape index (κ2) is 6.93. The second-order valence-electron chi connectivity index (χ2n) is 5.70. The zero-order valence-corrected chi connectivity index (χ0v) is 13.8. The van der Waals surface area contributed by atoms with Gasteiger partial charge < -0.3 is 0 Å². The lowest BCUT2D eigenvalue weighted by molar-refractivity contribution is -0.123. The molecule has 2 N–H and O–H groups in total. The number of aryl methyl sites for hydroxylation is 1. The van der Waals surface area contributed by atoms with Gasteiger partial charge in [0, 0.05) is 23.5 Å². The summed E-state index contributed by atoms with van der Waals surface area (Å²) >= 11 is 1.77. The Labute approximate surface area is 139 Å². The molecule has 5 nitrogen and oxygen atoms in total. The third-order valence-electron chi connectivity index (χ3n) is 3.88. The average Bonchev–Trinajstić information content (AvgIpc) is 3.01. The van der Waals surface area contributed by atoms with E-state index < -0.39 is 0 Å². The Morgan fingerprint density at radius 3 is 2.74 bits per heavy atom. The summed E-state index contributed by atoms with van der Waals surface area (Å²) in [5.41, 5.74) is 7.86. The number of nitrogens with one attached hydrogen (secondary N) is 2. The highest BCUT2D eigenvalue weighted by Gasteiger charge is 2.19. The lowest BCUT2D eigenvalue weighted by atomic mass is 10.1. The first-order chi connectivity index (χ1) is 11.1. The number of hydrogen-bond donors (Lipinski definition) is 2. The van der Waals surface area contributed by atoms with E-state index in [1.54, 1.807) is 23.5 Å². The predicted molar refractivity (Wildman–Crippen MR) is 90.1 cm³/mol. The molecule has 2 amide bonds. The molecule has 2 heterocycles. The minimum absolute atomic E-state index is 0.204. The van der Waals surface area contributed by atoms with Gasteiger partial charge in [0.2, 0.25) is 0 Å². The van der Waals surface area contributed by atoms with Crippen LogP contribution in [0.2, 0.25) is 0 Å². The lowest BCUT2D eigenvalue weighted by Gasteiger charge is -2.26. The van der Waals surface area contributed by atoms with Crippen LogP contribution in [0.15, 0.2) is 35.7 Å². The molecule has 0 radical (unpaired) electrons. The van der Waals surface area contributed by atoms with E-state index in [9.17, 15) is 9.59 Å². The number of hydrogen-bond acceptors (Lipinski definition) is 4. The Morgan fingerprint density at radius 2 is 1.96 bits per heavy atom. The first-order valence-corrected chi connectivity index (χ1v) is 8.43. The van der Waals surface area contributed by atoms with Gasteiger partial charge in [-0.2, -0.15) is 0 Å². The number of hydrazine groups is 1. The first kappa shape index (κ1) is 15.7. The standard InChI is InChI=1S/C17H19N3O2S/c1-12-2-4-13(5-3-12)17(22)19-18-16(21)11-20-8-6-15-14(10-20)7-9-23-15/h2-5,7,9H,6,8,10-11H2,1H3,(H,18,21)(H,19,22). The third kappa shape index (κ3) is 3.97. The maximum Gasteiger partial charge on any atom is 0.269 e. The minimum Gasteiger partial charge on any atom is -0.290 e. The topological polar surface area (TPSA) is 61.4 Å². The molecule has 3 rings (SSSR count). The normalized spacial score (nSPS) is 14.1. The van der Waals surface area contributed by atoms with Crippen molar-refractivity contribution < 1.29 is 9.59 Å². The van der Waals surface area contributed by atoms with Crippen LogP contribution in [0.25, 0.3) is 0 Å². The Bertz CT molecular complexity index is 709.